The third-order valence-electron chi connectivity index (χ3n) is 5.65. The predicted octanol–water partition coefficient (Wildman–Crippen LogP) is 6.04. The molecule has 4 rings (SSSR count). The van der Waals surface area contributed by atoms with Gasteiger partial charge in [0.25, 0.3) is 5.91 Å². The Labute approximate surface area is 188 Å². The minimum atomic E-state index is -0.218. The fourth-order valence-corrected chi connectivity index (χ4v) is 4.12. The van der Waals surface area contributed by atoms with Crippen LogP contribution in [-0.4, -0.2) is 37.0 Å². The molecule has 3 aromatic carbocycles. The topological polar surface area (TPSA) is 41.6 Å². The van der Waals surface area contributed by atoms with Crippen LogP contribution < -0.4 is 10.1 Å². The quantitative estimate of drug-likeness (QED) is 0.532. The Morgan fingerprint density at radius 2 is 1.74 bits per heavy atom. The van der Waals surface area contributed by atoms with Gasteiger partial charge in [-0.2, -0.15) is 0 Å². The number of carbonyl (C=O) groups is 1. The number of anilines is 1. The van der Waals surface area contributed by atoms with Crippen molar-refractivity contribution in [1.82, 2.24) is 4.90 Å². The normalized spacial score (nSPS) is 14.9. The lowest BCUT2D eigenvalue weighted by molar-refractivity contribution is 0.102. The lowest BCUT2D eigenvalue weighted by Gasteiger charge is -2.29. The summed E-state index contributed by atoms with van der Waals surface area (Å²) in [6.07, 6.45) is 2.41. The van der Waals surface area contributed by atoms with E-state index in [0.717, 1.165) is 54.1 Å². The SMILES string of the molecule is Cc1ccc(C(=O)Nc2cccc(-c3ccc(OC4CCN(C)CC4)cc3)c2)c(Cl)c1. The van der Waals surface area contributed by atoms with Gasteiger partial charge in [0.05, 0.1) is 10.6 Å². The maximum atomic E-state index is 12.6. The highest BCUT2D eigenvalue weighted by Gasteiger charge is 2.18. The van der Waals surface area contributed by atoms with Crippen LogP contribution in [0.25, 0.3) is 11.1 Å². The number of likely N-dealkylation sites (tertiary alicyclic amines) is 1. The van der Waals surface area contributed by atoms with Crippen LogP contribution in [0.3, 0.4) is 0 Å². The standard InChI is InChI=1S/C26H27ClN2O2/c1-18-6-11-24(25(27)16-18)26(30)28-21-5-3-4-20(17-21)19-7-9-22(10-8-19)31-23-12-14-29(2)15-13-23/h3-11,16-17,23H,12-15H2,1-2H3,(H,28,30). The number of aryl methyl sites for hydroxylation is 1. The average molecular weight is 435 g/mol. The first kappa shape index (κ1) is 21.4. The predicted molar refractivity (Wildman–Crippen MR) is 127 cm³/mol. The maximum absolute atomic E-state index is 12.6. The van der Waals surface area contributed by atoms with Gasteiger partial charge < -0.3 is 15.0 Å². The summed E-state index contributed by atoms with van der Waals surface area (Å²) in [4.78, 5) is 15.0. The highest BCUT2D eigenvalue weighted by Crippen LogP contribution is 2.27. The number of hydrogen-bond acceptors (Lipinski definition) is 3. The monoisotopic (exact) mass is 434 g/mol. The molecule has 1 N–H and O–H groups in total. The van der Waals surface area contributed by atoms with E-state index < -0.39 is 0 Å². The number of piperidine rings is 1. The van der Waals surface area contributed by atoms with Crippen LogP contribution >= 0.6 is 11.6 Å². The Morgan fingerprint density at radius 3 is 2.45 bits per heavy atom. The summed E-state index contributed by atoms with van der Waals surface area (Å²) in [7, 11) is 2.15. The number of benzene rings is 3. The molecule has 0 unspecified atom stereocenters. The molecule has 5 heteroatoms. The first-order valence-corrected chi connectivity index (χ1v) is 11.0. The minimum Gasteiger partial charge on any atom is -0.490 e. The van der Waals surface area contributed by atoms with E-state index in [2.05, 4.69) is 29.4 Å². The van der Waals surface area contributed by atoms with Crippen molar-refractivity contribution in [3.05, 3.63) is 82.9 Å². The molecule has 0 aliphatic carbocycles. The van der Waals surface area contributed by atoms with E-state index in [1.165, 1.54) is 0 Å². The van der Waals surface area contributed by atoms with Crippen molar-refractivity contribution < 1.29 is 9.53 Å². The zero-order valence-electron chi connectivity index (χ0n) is 17.9. The minimum absolute atomic E-state index is 0.218. The van der Waals surface area contributed by atoms with Crippen molar-refractivity contribution in [2.24, 2.45) is 0 Å². The number of rotatable bonds is 5. The molecule has 0 atom stereocenters. The molecule has 1 aliphatic heterocycles. The van der Waals surface area contributed by atoms with Gasteiger partial charge in [-0.15, -0.1) is 0 Å². The van der Waals surface area contributed by atoms with Crippen LogP contribution in [-0.2, 0) is 0 Å². The van der Waals surface area contributed by atoms with Gasteiger partial charge in [0.1, 0.15) is 11.9 Å². The summed E-state index contributed by atoms with van der Waals surface area (Å²) in [6, 6.07) is 21.4. The smallest absolute Gasteiger partial charge is 0.257 e. The Balaban J connectivity index is 1.43. The lowest BCUT2D eigenvalue weighted by atomic mass is 10.0. The second-order valence-corrected chi connectivity index (χ2v) is 8.57. The number of nitrogens with zero attached hydrogens (tertiary/aromatic N) is 1. The fraction of sp³-hybridized carbons (Fsp3) is 0.269. The van der Waals surface area contributed by atoms with Crippen molar-refractivity contribution in [2.75, 3.05) is 25.5 Å². The zero-order chi connectivity index (χ0) is 21.8. The summed E-state index contributed by atoms with van der Waals surface area (Å²) in [5.74, 6) is 0.681. The van der Waals surface area contributed by atoms with E-state index in [1.807, 2.05) is 49.4 Å². The molecule has 0 radical (unpaired) electrons. The summed E-state index contributed by atoms with van der Waals surface area (Å²) in [6.45, 7) is 4.10. The first-order valence-electron chi connectivity index (χ1n) is 10.6. The van der Waals surface area contributed by atoms with Gasteiger partial charge in [-0.05, 0) is 79.9 Å². The number of halogens is 1. The van der Waals surface area contributed by atoms with Gasteiger partial charge in [0.15, 0.2) is 0 Å². The Bertz CT molecular complexity index is 1060. The van der Waals surface area contributed by atoms with Crippen molar-refractivity contribution >= 4 is 23.2 Å². The van der Waals surface area contributed by atoms with E-state index >= 15 is 0 Å². The van der Waals surface area contributed by atoms with Gasteiger partial charge in [-0.3, -0.25) is 4.79 Å². The maximum Gasteiger partial charge on any atom is 0.257 e. The van der Waals surface area contributed by atoms with E-state index in [0.29, 0.717) is 10.6 Å². The van der Waals surface area contributed by atoms with Gasteiger partial charge in [0, 0.05) is 18.8 Å². The molecule has 160 valence electrons. The number of amides is 1. The Morgan fingerprint density at radius 1 is 1.00 bits per heavy atom. The number of nitrogens with one attached hydrogen (secondary N) is 1. The fourth-order valence-electron chi connectivity index (χ4n) is 3.80. The second-order valence-electron chi connectivity index (χ2n) is 8.16. The molecule has 0 bridgehead atoms. The van der Waals surface area contributed by atoms with Crippen LogP contribution in [0.4, 0.5) is 5.69 Å². The molecule has 1 aliphatic rings. The third kappa shape index (κ3) is 5.46. The lowest BCUT2D eigenvalue weighted by Crippen LogP contribution is -2.35. The molecule has 0 aromatic heterocycles. The number of carbonyl (C=O) groups excluding carboxylic acids is 1. The van der Waals surface area contributed by atoms with Gasteiger partial charge in [-0.1, -0.05) is 41.9 Å². The van der Waals surface area contributed by atoms with Crippen LogP contribution in [0.15, 0.2) is 66.7 Å². The molecule has 0 saturated carbocycles. The highest BCUT2D eigenvalue weighted by molar-refractivity contribution is 6.34. The van der Waals surface area contributed by atoms with Crippen LogP contribution in [0.5, 0.6) is 5.75 Å². The molecule has 0 spiro atoms. The summed E-state index contributed by atoms with van der Waals surface area (Å²) < 4.78 is 6.14. The van der Waals surface area contributed by atoms with Crippen molar-refractivity contribution in [1.29, 1.82) is 0 Å². The van der Waals surface area contributed by atoms with Crippen molar-refractivity contribution in [3.63, 3.8) is 0 Å². The first-order chi connectivity index (χ1) is 15.0. The summed E-state index contributed by atoms with van der Waals surface area (Å²) >= 11 is 6.23. The summed E-state index contributed by atoms with van der Waals surface area (Å²) in [5.41, 5.74) is 4.31. The van der Waals surface area contributed by atoms with E-state index in [4.69, 9.17) is 16.3 Å². The largest absolute Gasteiger partial charge is 0.490 e. The summed E-state index contributed by atoms with van der Waals surface area (Å²) in [5, 5.41) is 3.40. The Hall–Kier alpha value is -2.82. The molecule has 1 amide bonds. The molecular weight excluding hydrogens is 408 g/mol. The molecule has 3 aromatic rings. The molecule has 1 saturated heterocycles. The van der Waals surface area contributed by atoms with Crippen LogP contribution in [0, 0.1) is 6.92 Å². The van der Waals surface area contributed by atoms with E-state index in [9.17, 15) is 4.79 Å². The van der Waals surface area contributed by atoms with E-state index in [1.54, 1.807) is 12.1 Å². The van der Waals surface area contributed by atoms with Gasteiger partial charge in [-0.25, -0.2) is 0 Å². The van der Waals surface area contributed by atoms with E-state index in [-0.39, 0.29) is 12.0 Å². The molecular formula is C26H27ClN2O2. The number of hydrogen-bond donors (Lipinski definition) is 1. The molecule has 4 nitrogen and oxygen atoms in total. The highest BCUT2D eigenvalue weighted by atomic mass is 35.5. The van der Waals surface area contributed by atoms with Crippen LogP contribution in [0.2, 0.25) is 5.02 Å². The van der Waals surface area contributed by atoms with Crippen molar-refractivity contribution in [2.45, 2.75) is 25.9 Å². The zero-order valence-corrected chi connectivity index (χ0v) is 18.7. The average Bonchev–Trinajstić information content (AvgIpc) is 2.76. The molecule has 1 fully saturated rings. The van der Waals surface area contributed by atoms with Crippen molar-refractivity contribution in [3.8, 4) is 16.9 Å². The number of ether oxygens (including phenoxy) is 1. The molecule has 1 heterocycles. The third-order valence-corrected chi connectivity index (χ3v) is 5.96. The second kappa shape index (κ2) is 9.54. The van der Waals surface area contributed by atoms with Gasteiger partial charge in [0.2, 0.25) is 0 Å². The Kier molecular flexibility index (Phi) is 6.59. The van der Waals surface area contributed by atoms with Crippen LogP contribution in [0.1, 0.15) is 28.8 Å². The molecule has 31 heavy (non-hydrogen) atoms. The van der Waals surface area contributed by atoms with Gasteiger partial charge >= 0.3 is 0 Å².